The number of hydrogen-bond acceptors (Lipinski definition) is 5. The maximum atomic E-state index is 11.8. The fraction of sp³-hybridized carbons (Fsp3) is 0.533. The molecular weight excluding hydrogens is 274 g/mol. The SMILES string of the molecule is COc1ccc(CCC(=O)NCC(OC)OC)cc1OC. The van der Waals surface area contributed by atoms with Crippen molar-refractivity contribution < 1.29 is 23.7 Å². The second kappa shape index (κ2) is 9.20. The predicted octanol–water partition coefficient (Wildman–Crippen LogP) is 1.37. The van der Waals surface area contributed by atoms with E-state index in [2.05, 4.69) is 5.32 Å². The van der Waals surface area contributed by atoms with Crippen molar-refractivity contribution in [3.8, 4) is 11.5 Å². The van der Waals surface area contributed by atoms with Gasteiger partial charge in [-0.05, 0) is 24.1 Å². The molecular formula is C15H23NO5. The third-order valence-electron chi connectivity index (χ3n) is 3.08. The number of ether oxygens (including phenoxy) is 4. The Labute approximate surface area is 125 Å². The van der Waals surface area contributed by atoms with Crippen LogP contribution in [0.25, 0.3) is 0 Å². The molecule has 0 unspecified atom stereocenters. The molecule has 1 aromatic carbocycles. The summed E-state index contributed by atoms with van der Waals surface area (Å²) in [6, 6.07) is 5.62. The summed E-state index contributed by atoms with van der Waals surface area (Å²) in [6.07, 6.45) is 0.585. The summed E-state index contributed by atoms with van der Waals surface area (Å²) in [4.78, 5) is 11.8. The van der Waals surface area contributed by atoms with E-state index in [9.17, 15) is 4.79 Å². The molecule has 1 N–H and O–H groups in total. The average molecular weight is 297 g/mol. The molecule has 1 amide bonds. The standard InChI is InChI=1S/C15H23NO5/c1-18-12-7-5-11(9-13(12)19-2)6-8-14(17)16-10-15(20-3)21-4/h5,7,9,15H,6,8,10H2,1-4H3,(H,16,17). The lowest BCUT2D eigenvalue weighted by Crippen LogP contribution is -2.34. The molecule has 118 valence electrons. The van der Waals surface area contributed by atoms with Crippen molar-refractivity contribution in [1.82, 2.24) is 5.32 Å². The quantitative estimate of drug-likeness (QED) is 0.697. The second-order valence-electron chi connectivity index (χ2n) is 4.39. The van der Waals surface area contributed by atoms with Gasteiger partial charge in [-0.3, -0.25) is 4.79 Å². The van der Waals surface area contributed by atoms with E-state index in [-0.39, 0.29) is 5.91 Å². The van der Waals surface area contributed by atoms with Crippen molar-refractivity contribution in [2.24, 2.45) is 0 Å². The zero-order valence-electron chi connectivity index (χ0n) is 13.0. The maximum absolute atomic E-state index is 11.8. The van der Waals surface area contributed by atoms with Gasteiger partial charge in [0.05, 0.1) is 20.8 Å². The summed E-state index contributed by atoms with van der Waals surface area (Å²) in [7, 11) is 6.24. The van der Waals surface area contributed by atoms with Crippen LogP contribution in [-0.4, -0.2) is 47.2 Å². The van der Waals surface area contributed by atoms with E-state index < -0.39 is 6.29 Å². The van der Waals surface area contributed by atoms with Crippen molar-refractivity contribution in [1.29, 1.82) is 0 Å². The number of aryl methyl sites for hydroxylation is 1. The first-order valence-electron chi connectivity index (χ1n) is 6.67. The van der Waals surface area contributed by atoms with Crippen molar-refractivity contribution in [3.05, 3.63) is 23.8 Å². The van der Waals surface area contributed by atoms with Crippen LogP contribution in [0.5, 0.6) is 11.5 Å². The fourth-order valence-electron chi connectivity index (χ4n) is 1.84. The smallest absolute Gasteiger partial charge is 0.220 e. The van der Waals surface area contributed by atoms with Crippen LogP contribution >= 0.6 is 0 Å². The minimum atomic E-state index is -0.421. The fourth-order valence-corrected chi connectivity index (χ4v) is 1.84. The Hall–Kier alpha value is -1.79. The van der Waals surface area contributed by atoms with Gasteiger partial charge in [0.25, 0.3) is 0 Å². The number of amides is 1. The summed E-state index contributed by atoms with van der Waals surface area (Å²) in [5, 5.41) is 2.76. The van der Waals surface area contributed by atoms with Gasteiger partial charge in [-0.25, -0.2) is 0 Å². The van der Waals surface area contributed by atoms with Crippen molar-refractivity contribution >= 4 is 5.91 Å². The normalized spacial score (nSPS) is 10.5. The lowest BCUT2D eigenvalue weighted by molar-refractivity contribution is -0.127. The Bertz CT molecular complexity index is 446. The predicted molar refractivity (Wildman–Crippen MR) is 78.7 cm³/mol. The van der Waals surface area contributed by atoms with E-state index in [4.69, 9.17) is 18.9 Å². The molecule has 6 nitrogen and oxygen atoms in total. The summed E-state index contributed by atoms with van der Waals surface area (Å²) in [5.41, 5.74) is 1.01. The van der Waals surface area contributed by atoms with Crippen molar-refractivity contribution in [3.63, 3.8) is 0 Å². The van der Waals surface area contributed by atoms with Crippen LogP contribution in [0.2, 0.25) is 0 Å². The third kappa shape index (κ3) is 5.61. The van der Waals surface area contributed by atoms with Crippen LogP contribution in [0.1, 0.15) is 12.0 Å². The molecule has 0 radical (unpaired) electrons. The van der Waals surface area contributed by atoms with Gasteiger partial charge < -0.3 is 24.3 Å². The molecule has 21 heavy (non-hydrogen) atoms. The summed E-state index contributed by atoms with van der Waals surface area (Å²) in [6.45, 7) is 0.331. The lowest BCUT2D eigenvalue weighted by atomic mass is 10.1. The van der Waals surface area contributed by atoms with Gasteiger partial charge in [-0.1, -0.05) is 6.07 Å². The number of nitrogens with one attached hydrogen (secondary N) is 1. The zero-order chi connectivity index (χ0) is 15.7. The minimum absolute atomic E-state index is 0.0520. The summed E-state index contributed by atoms with van der Waals surface area (Å²) in [5.74, 6) is 1.28. The number of methoxy groups -OCH3 is 4. The first-order valence-corrected chi connectivity index (χ1v) is 6.67. The van der Waals surface area contributed by atoms with Crippen LogP contribution < -0.4 is 14.8 Å². The first kappa shape index (κ1) is 17.3. The topological polar surface area (TPSA) is 66.0 Å². The molecule has 0 saturated carbocycles. The van der Waals surface area contributed by atoms with Gasteiger partial charge in [-0.15, -0.1) is 0 Å². The molecule has 1 aromatic rings. The van der Waals surface area contributed by atoms with E-state index in [1.807, 2.05) is 18.2 Å². The van der Waals surface area contributed by atoms with Gasteiger partial charge in [0.15, 0.2) is 17.8 Å². The highest BCUT2D eigenvalue weighted by molar-refractivity contribution is 5.76. The number of carbonyl (C=O) groups excluding carboxylic acids is 1. The van der Waals surface area contributed by atoms with Gasteiger partial charge in [0, 0.05) is 20.6 Å². The van der Waals surface area contributed by atoms with Crippen LogP contribution in [0, 0.1) is 0 Å². The Balaban J connectivity index is 2.46. The first-order chi connectivity index (χ1) is 10.1. The summed E-state index contributed by atoms with van der Waals surface area (Å²) >= 11 is 0. The van der Waals surface area contributed by atoms with Gasteiger partial charge in [0.1, 0.15) is 0 Å². The Morgan fingerprint density at radius 2 is 1.76 bits per heavy atom. The Morgan fingerprint density at radius 1 is 1.10 bits per heavy atom. The molecule has 0 fully saturated rings. The van der Waals surface area contributed by atoms with Crippen molar-refractivity contribution in [2.75, 3.05) is 35.0 Å². The number of benzene rings is 1. The molecule has 6 heteroatoms. The van der Waals surface area contributed by atoms with E-state index >= 15 is 0 Å². The van der Waals surface area contributed by atoms with E-state index in [0.29, 0.717) is 30.9 Å². The highest BCUT2D eigenvalue weighted by Gasteiger charge is 2.09. The average Bonchev–Trinajstić information content (AvgIpc) is 2.53. The number of hydrogen-bond donors (Lipinski definition) is 1. The monoisotopic (exact) mass is 297 g/mol. The molecule has 0 spiro atoms. The van der Waals surface area contributed by atoms with Crippen LogP contribution in [0.3, 0.4) is 0 Å². The van der Waals surface area contributed by atoms with Crippen LogP contribution in [0.4, 0.5) is 0 Å². The van der Waals surface area contributed by atoms with Crippen LogP contribution in [0.15, 0.2) is 18.2 Å². The summed E-state index contributed by atoms with van der Waals surface area (Å²) < 4.78 is 20.4. The van der Waals surface area contributed by atoms with Crippen molar-refractivity contribution in [2.45, 2.75) is 19.1 Å². The largest absolute Gasteiger partial charge is 0.493 e. The van der Waals surface area contributed by atoms with Gasteiger partial charge in [0.2, 0.25) is 5.91 Å². The molecule has 0 saturated heterocycles. The van der Waals surface area contributed by atoms with E-state index in [1.165, 1.54) is 14.2 Å². The molecule has 0 atom stereocenters. The Morgan fingerprint density at radius 3 is 2.33 bits per heavy atom. The second-order valence-corrected chi connectivity index (χ2v) is 4.39. The molecule has 0 heterocycles. The molecule has 0 aliphatic rings. The minimum Gasteiger partial charge on any atom is -0.493 e. The Kier molecular flexibility index (Phi) is 7.56. The van der Waals surface area contributed by atoms with Crippen LogP contribution in [-0.2, 0) is 20.7 Å². The maximum Gasteiger partial charge on any atom is 0.220 e. The molecule has 0 bridgehead atoms. The van der Waals surface area contributed by atoms with E-state index in [0.717, 1.165) is 5.56 Å². The molecule has 1 rings (SSSR count). The highest BCUT2D eigenvalue weighted by atomic mass is 16.7. The molecule has 0 aliphatic heterocycles. The van der Waals surface area contributed by atoms with Gasteiger partial charge >= 0.3 is 0 Å². The van der Waals surface area contributed by atoms with E-state index in [1.54, 1.807) is 14.2 Å². The molecule has 0 aromatic heterocycles. The zero-order valence-corrected chi connectivity index (χ0v) is 13.0. The third-order valence-corrected chi connectivity index (χ3v) is 3.08. The highest BCUT2D eigenvalue weighted by Crippen LogP contribution is 2.27. The molecule has 0 aliphatic carbocycles. The lowest BCUT2D eigenvalue weighted by Gasteiger charge is -2.14. The number of carbonyl (C=O) groups is 1. The van der Waals surface area contributed by atoms with Gasteiger partial charge in [-0.2, -0.15) is 0 Å². The number of rotatable bonds is 9.